The van der Waals surface area contributed by atoms with Crippen LogP contribution in [-0.4, -0.2) is 31.1 Å². The maximum absolute atomic E-state index is 13.3. The van der Waals surface area contributed by atoms with Gasteiger partial charge in [-0.25, -0.2) is 9.13 Å². The molecule has 2 aromatic heterocycles. The van der Waals surface area contributed by atoms with Gasteiger partial charge in [0, 0.05) is 24.0 Å². The second-order valence-corrected chi connectivity index (χ2v) is 11.3. The van der Waals surface area contributed by atoms with E-state index in [4.69, 9.17) is 10.2 Å². The largest absolute Gasteiger partial charge is 1.00 e. The Morgan fingerprint density at radius 3 is 1.38 bits per heavy atom. The average Bonchev–Trinajstić information content (AvgIpc) is 3.21. The highest BCUT2D eigenvalue weighted by Crippen LogP contribution is 2.19. The molecule has 222 valence electrons. The van der Waals surface area contributed by atoms with Crippen molar-refractivity contribution in [3.8, 4) is 11.6 Å². The van der Waals surface area contributed by atoms with Gasteiger partial charge >= 0.3 is 11.6 Å². The van der Waals surface area contributed by atoms with E-state index in [2.05, 4.69) is 9.13 Å². The Kier molecular flexibility index (Phi) is 10.6. The Balaban J connectivity index is 0.00000202. The summed E-state index contributed by atoms with van der Waals surface area (Å²) in [7, 11) is 0. The van der Waals surface area contributed by atoms with Gasteiger partial charge < -0.3 is 34.0 Å². The Morgan fingerprint density at radius 1 is 0.619 bits per heavy atom. The lowest BCUT2D eigenvalue weighted by Crippen LogP contribution is -3.00. The summed E-state index contributed by atoms with van der Waals surface area (Å²) in [6.45, 7) is 6.18. The predicted molar refractivity (Wildman–Crippen MR) is 150 cm³/mol. The molecule has 8 nitrogen and oxygen atoms in total. The van der Waals surface area contributed by atoms with Gasteiger partial charge in [0.2, 0.25) is 11.6 Å². The molecule has 0 spiro atoms. The molecule has 0 unspecified atom stereocenters. The van der Waals surface area contributed by atoms with Crippen LogP contribution in [0.25, 0.3) is 11.6 Å². The molecule has 0 N–H and O–H groups in total. The van der Waals surface area contributed by atoms with E-state index in [0.29, 0.717) is 11.1 Å². The molecule has 4 aromatic rings. The molecular formula is C32H38Br2N6O2. The molecule has 0 saturated heterocycles. The van der Waals surface area contributed by atoms with E-state index in [0.717, 1.165) is 98.9 Å². The summed E-state index contributed by atoms with van der Waals surface area (Å²) < 4.78 is 8.37. The van der Waals surface area contributed by atoms with Crippen molar-refractivity contribution in [1.82, 2.24) is 19.6 Å². The number of aromatic nitrogens is 6. The SMILES string of the molecule is Cc1ccc(C(=O)Cn2nc(-c3nn(CC(=O)c4ccc(C)cc4)c4[n+]3CCCCC4)[n+]3c2CCCCC3)cc1.[Br-].[Br-]. The molecule has 0 aliphatic carbocycles. The summed E-state index contributed by atoms with van der Waals surface area (Å²) >= 11 is 0. The van der Waals surface area contributed by atoms with Crippen LogP contribution in [0, 0.1) is 13.8 Å². The lowest BCUT2D eigenvalue weighted by atomic mass is 10.1. The van der Waals surface area contributed by atoms with E-state index >= 15 is 0 Å². The van der Waals surface area contributed by atoms with Crippen LogP contribution >= 0.6 is 0 Å². The van der Waals surface area contributed by atoms with Gasteiger partial charge in [-0.15, -0.1) is 9.36 Å². The Morgan fingerprint density at radius 2 is 1.00 bits per heavy atom. The minimum absolute atomic E-state index is 0. The fourth-order valence-electron chi connectivity index (χ4n) is 5.95. The molecule has 4 heterocycles. The van der Waals surface area contributed by atoms with E-state index in [1.165, 1.54) is 0 Å². The van der Waals surface area contributed by atoms with E-state index in [9.17, 15) is 9.59 Å². The van der Waals surface area contributed by atoms with Gasteiger partial charge in [0.05, 0.1) is 23.3 Å². The fraction of sp³-hybridized carbons (Fsp3) is 0.438. The third-order valence-corrected chi connectivity index (χ3v) is 8.26. The van der Waals surface area contributed by atoms with Crippen molar-refractivity contribution in [3.05, 3.63) is 82.4 Å². The summed E-state index contributed by atoms with van der Waals surface area (Å²) in [5.74, 6) is 3.89. The number of aryl methyl sites for hydroxylation is 2. The summed E-state index contributed by atoms with van der Waals surface area (Å²) in [6.07, 6.45) is 8.36. The van der Waals surface area contributed by atoms with Crippen LogP contribution in [-0.2, 0) is 39.0 Å². The van der Waals surface area contributed by atoms with E-state index in [1.807, 2.05) is 71.7 Å². The maximum atomic E-state index is 13.3. The monoisotopic (exact) mass is 696 g/mol. The van der Waals surface area contributed by atoms with Crippen molar-refractivity contribution in [2.45, 2.75) is 91.4 Å². The molecule has 0 fully saturated rings. The van der Waals surface area contributed by atoms with Crippen LogP contribution in [0.5, 0.6) is 0 Å². The number of ketones is 2. The van der Waals surface area contributed by atoms with Gasteiger partial charge in [-0.2, -0.15) is 0 Å². The normalized spacial score (nSPS) is 14.4. The lowest BCUT2D eigenvalue weighted by molar-refractivity contribution is -0.721. The summed E-state index contributed by atoms with van der Waals surface area (Å²) in [4.78, 5) is 26.5. The smallest absolute Gasteiger partial charge is 0.382 e. The highest BCUT2D eigenvalue weighted by Gasteiger charge is 2.39. The number of benzene rings is 2. The number of nitrogens with zero attached hydrogens (tertiary/aromatic N) is 6. The van der Waals surface area contributed by atoms with Crippen molar-refractivity contribution in [2.75, 3.05) is 0 Å². The number of carbonyl (C=O) groups excluding carboxylic acids is 2. The summed E-state index contributed by atoms with van der Waals surface area (Å²) in [6, 6.07) is 15.5. The standard InChI is InChI=1S/C32H38N6O2.2BrH/c1-23-11-15-25(16-12-23)27(39)21-37-29-9-5-3-7-19-35(29)31(33-37)32-34-38(30-10-6-4-8-20-36(30)32)22-28(40)26-17-13-24(2)14-18-26;;/h11-18H,3-10,19-22H2,1-2H3;2*1H/q+2;;/p-2. The molecule has 10 heteroatoms. The van der Waals surface area contributed by atoms with Crippen molar-refractivity contribution in [3.63, 3.8) is 0 Å². The van der Waals surface area contributed by atoms with Crippen LogP contribution in [0.1, 0.15) is 82.0 Å². The number of fused-ring (bicyclic) bond motifs is 2. The highest BCUT2D eigenvalue weighted by molar-refractivity contribution is 5.96. The van der Waals surface area contributed by atoms with Crippen molar-refractivity contribution < 1.29 is 52.7 Å². The topological polar surface area (TPSA) is 77.5 Å². The molecule has 6 rings (SSSR count). The molecule has 0 saturated carbocycles. The number of carbonyl (C=O) groups is 2. The van der Waals surface area contributed by atoms with Crippen molar-refractivity contribution in [1.29, 1.82) is 0 Å². The molecule has 2 aromatic carbocycles. The van der Waals surface area contributed by atoms with E-state index in [-0.39, 0.29) is 58.6 Å². The lowest BCUT2D eigenvalue weighted by Gasteiger charge is -2.02. The van der Waals surface area contributed by atoms with Crippen LogP contribution < -0.4 is 43.1 Å². The molecular weight excluding hydrogens is 660 g/mol. The van der Waals surface area contributed by atoms with Crippen LogP contribution in [0.3, 0.4) is 0 Å². The number of hydrogen-bond donors (Lipinski definition) is 0. The summed E-state index contributed by atoms with van der Waals surface area (Å²) in [5, 5.41) is 10.1. The first-order chi connectivity index (χ1) is 19.5. The number of Topliss-reactive ketones (excluding diaryl/α,β-unsaturated/α-hetero) is 2. The van der Waals surface area contributed by atoms with Gasteiger partial charge in [-0.1, -0.05) is 59.7 Å². The highest BCUT2D eigenvalue weighted by atomic mass is 79.9. The molecule has 0 amide bonds. The van der Waals surface area contributed by atoms with Crippen LogP contribution in [0.2, 0.25) is 0 Å². The first-order valence-corrected chi connectivity index (χ1v) is 14.7. The molecule has 0 radical (unpaired) electrons. The fourth-order valence-corrected chi connectivity index (χ4v) is 5.95. The Labute approximate surface area is 268 Å². The first kappa shape index (κ1) is 31.9. The van der Waals surface area contributed by atoms with Crippen molar-refractivity contribution >= 4 is 11.6 Å². The third-order valence-electron chi connectivity index (χ3n) is 8.26. The number of halogens is 2. The predicted octanol–water partition coefficient (Wildman–Crippen LogP) is -1.83. The second-order valence-electron chi connectivity index (χ2n) is 11.3. The van der Waals surface area contributed by atoms with Gasteiger partial charge in [0.15, 0.2) is 24.7 Å². The average molecular weight is 699 g/mol. The number of rotatable bonds is 7. The first-order valence-electron chi connectivity index (χ1n) is 14.7. The summed E-state index contributed by atoms with van der Waals surface area (Å²) in [5.41, 5.74) is 3.68. The third kappa shape index (κ3) is 6.64. The number of hydrogen-bond acceptors (Lipinski definition) is 4. The minimum Gasteiger partial charge on any atom is -1.00 e. The van der Waals surface area contributed by atoms with Gasteiger partial charge in [0.1, 0.15) is 0 Å². The molecule has 2 aliphatic heterocycles. The maximum Gasteiger partial charge on any atom is 0.382 e. The zero-order chi connectivity index (χ0) is 27.6. The van der Waals surface area contributed by atoms with Crippen LogP contribution in [0.4, 0.5) is 0 Å². The van der Waals surface area contributed by atoms with E-state index < -0.39 is 0 Å². The minimum atomic E-state index is 0. The Bertz CT molecular complexity index is 1440. The van der Waals surface area contributed by atoms with Crippen molar-refractivity contribution in [2.24, 2.45) is 0 Å². The Hall–Kier alpha value is -2.98. The second kappa shape index (κ2) is 14.0. The van der Waals surface area contributed by atoms with Crippen LogP contribution in [0.15, 0.2) is 48.5 Å². The molecule has 2 aliphatic rings. The molecule has 0 atom stereocenters. The van der Waals surface area contributed by atoms with Gasteiger partial charge in [0.25, 0.3) is 0 Å². The molecule has 0 bridgehead atoms. The zero-order valence-corrected chi connectivity index (χ0v) is 27.5. The zero-order valence-electron chi connectivity index (χ0n) is 24.4. The van der Waals surface area contributed by atoms with E-state index in [1.54, 1.807) is 0 Å². The quantitative estimate of drug-likeness (QED) is 0.168. The van der Waals surface area contributed by atoms with Gasteiger partial charge in [-0.05, 0) is 52.4 Å². The van der Waals surface area contributed by atoms with Gasteiger partial charge in [-0.3, -0.25) is 9.59 Å². The molecule has 42 heavy (non-hydrogen) atoms.